The van der Waals surface area contributed by atoms with Gasteiger partial charge in [-0.3, -0.25) is 4.79 Å². The van der Waals surface area contributed by atoms with Crippen molar-refractivity contribution in [3.8, 4) is 22.6 Å². The number of benzene rings is 3. The molecule has 3 aromatic carbocycles. The summed E-state index contributed by atoms with van der Waals surface area (Å²) >= 11 is 6.10. The summed E-state index contributed by atoms with van der Waals surface area (Å²) < 4.78 is 10.4. The highest BCUT2D eigenvalue weighted by Gasteiger charge is 2.13. The van der Waals surface area contributed by atoms with Crippen LogP contribution in [-0.4, -0.2) is 30.3 Å². The monoisotopic (exact) mass is 481 g/mol. The van der Waals surface area contributed by atoms with Crippen molar-refractivity contribution in [2.75, 3.05) is 13.2 Å². The third kappa shape index (κ3) is 7.52. The van der Waals surface area contributed by atoms with Crippen LogP contribution in [-0.2, 0) is 6.42 Å². The molecule has 3 rings (SSSR count). The highest BCUT2D eigenvalue weighted by molar-refractivity contribution is 6.31. The third-order valence-corrected chi connectivity index (χ3v) is 5.42. The highest BCUT2D eigenvalue weighted by atomic mass is 35.5. The number of carboxylic acid groups (broad SMARTS) is 1. The molecule has 0 aliphatic heterocycles. The van der Waals surface area contributed by atoms with Gasteiger partial charge in [0.05, 0.1) is 12.2 Å². The highest BCUT2D eigenvalue weighted by Crippen LogP contribution is 2.24. The fourth-order valence-corrected chi connectivity index (χ4v) is 3.48. The van der Waals surface area contributed by atoms with Crippen molar-refractivity contribution in [1.29, 1.82) is 0 Å². The van der Waals surface area contributed by atoms with E-state index in [4.69, 9.17) is 21.4 Å². The molecule has 0 spiro atoms. The molecule has 0 aliphatic carbocycles. The lowest BCUT2D eigenvalue weighted by Crippen LogP contribution is -2.26. The maximum atomic E-state index is 12.7. The number of ether oxygens (including phenoxy) is 2. The van der Waals surface area contributed by atoms with Gasteiger partial charge in [-0.15, -0.1) is 0 Å². The van der Waals surface area contributed by atoms with E-state index in [1.54, 1.807) is 42.5 Å². The van der Waals surface area contributed by atoms with Gasteiger partial charge >= 0.3 is 6.16 Å². The number of carbonyl (C=O) groups is 2. The Balaban J connectivity index is 1.55. The molecule has 3 aromatic rings. The lowest BCUT2D eigenvalue weighted by Gasteiger charge is -2.13. The Bertz CT molecular complexity index is 1110. The smallest absolute Gasteiger partial charge is 0.493 e. The molecule has 2 N–H and O–H groups in total. The van der Waals surface area contributed by atoms with Crippen molar-refractivity contribution in [3.05, 3.63) is 82.9 Å². The molecule has 34 heavy (non-hydrogen) atoms. The predicted octanol–water partition coefficient (Wildman–Crippen LogP) is 6.46. The topological polar surface area (TPSA) is 84.9 Å². The summed E-state index contributed by atoms with van der Waals surface area (Å²) in [6, 6.07) is 19.9. The summed E-state index contributed by atoms with van der Waals surface area (Å²) in [5.74, 6) is 1.10. The van der Waals surface area contributed by atoms with Crippen LogP contribution < -0.4 is 14.8 Å². The van der Waals surface area contributed by atoms with E-state index in [1.807, 2.05) is 24.3 Å². The minimum absolute atomic E-state index is 0.220. The number of rotatable bonds is 10. The van der Waals surface area contributed by atoms with E-state index >= 15 is 0 Å². The van der Waals surface area contributed by atoms with Crippen molar-refractivity contribution < 1.29 is 24.2 Å². The van der Waals surface area contributed by atoms with Crippen molar-refractivity contribution in [3.63, 3.8) is 0 Å². The van der Waals surface area contributed by atoms with Gasteiger partial charge in [0.25, 0.3) is 5.91 Å². The Hall–Kier alpha value is -3.51. The molecule has 0 aromatic heterocycles. The summed E-state index contributed by atoms with van der Waals surface area (Å²) in [6.45, 7) is 5.26. The van der Waals surface area contributed by atoms with Crippen LogP contribution in [0.15, 0.2) is 66.7 Å². The Kier molecular flexibility index (Phi) is 8.93. The van der Waals surface area contributed by atoms with Gasteiger partial charge in [-0.1, -0.05) is 61.8 Å². The first-order valence-corrected chi connectivity index (χ1v) is 11.5. The van der Waals surface area contributed by atoms with Crippen molar-refractivity contribution in [2.24, 2.45) is 5.92 Å². The van der Waals surface area contributed by atoms with Gasteiger partial charge in [-0.25, -0.2) is 4.79 Å². The van der Waals surface area contributed by atoms with Gasteiger partial charge in [0, 0.05) is 11.6 Å². The third-order valence-electron chi connectivity index (χ3n) is 5.18. The summed E-state index contributed by atoms with van der Waals surface area (Å²) in [5.41, 5.74) is 3.46. The summed E-state index contributed by atoms with van der Waals surface area (Å²) in [7, 11) is 0. The molecule has 6 nitrogen and oxygen atoms in total. The normalized spacial score (nSPS) is 10.7. The first kappa shape index (κ1) is 25.1. The Morgan fingerprint density at radius 1 is 0.971 bits per heavy atom. The molecule has 0 saturated heterocycles. The van der Waals surface area contributed by atoms with Gasteiger partial charge in [0.1, 0.15) is 11.5 Å². The van der Waals surface area contributed by atoms with E-state index < -0.39 is 6.16 Å². The molecule has 0 radical (unpaired) electrons. The molecule has 7 heteroatoms. The lowest BCUT2D eigenvalue weighted by atomic mass is 10.0. The van der Waals surface area contributed by atoms with Crippen LogP contribution in [0.2, 0.25) is 5.02 Å². The van der Waals surface area contributed by atoms with E-state index in [9.17, 15) is 9.59 Å². The summed E-state index contributed by atoms with van der Waals surface area (Å²) in [5, 5.41) is 12.1. The zero-order valence-corrected chi connectivity index (χ0v) is 20.0. The number of nitrogens with one attached hydrogen (secondary N) is 1. The molecule has 0 fully saturated rings. The second kappa shape index (κ2) is 12.1. The van der Waals surface area contributed by atoms with Gasteiger partial charge in [-0.05, 0) is 65.8 Å². The fraction of sp³-hybridized carbons (Fsp3) is 0.259. The number of carbonyl (C=O) groups excluding carboxylic acids is 1. The van der Waals surface area contributed by atoms with Crippen LogP contribution in [0.5, 0.6) is 11.5 Å². The van der Waals surface area contributed by atoms with Gasteiger partial charge in [-0.2, -0.15) is 0 Å². The SMILES string of the molecule is CC(C)CCOc1ccc(Cl)cc1C(=O)NCCc1ccc(-c2ccc(OC(=O)O)cc2)cc1. The maximum Gasteiger partial charge on any atom is 0.511 e. The van der Waals surface area contributed by atoms with Gasteiger partial charge in [0.15, 0.2) is 0 Å². The molecule has 0 saturated carbocycles. The average molecular weight is 482 g/mol. The lowest BCUT2D eigenvalue weighted by molar-refractivity contribution is 0.0949. The largest absolute Gasteiger partial charge is 0.511 e. The number of amides is 1. The predicted molar refractivity (Wildman–Crippen MR) is 133 cm³/mol. The molecule has 0 heterocycles. The molecular weight excluding hydrogens is 454 g/mol. The molecule has 178 valence electrons. The molecule has 0 unspecified atom stereocenters. The molecular formula is C27H28ClNO5. The van der Waals surface area contributed by atoms with Crippen molar-refractivity contribution >= 4 is 23.7 Å². The van der Waals surface area contributed by atoms with E-state index in [2.05, 4.69) is 23.9 Å². The average Bonchev–Trinajstić information content (AvgIpc) is 2.80. The van der Waals surface area contributed by atoms with Crippen molar-refractivity contribution in [2.45, 2.75) is 26.7 Å². The summed E-state index contributed by atoms with van der Waals surface area (Å²) in [4.78, 5) is 23.3. The Labute approximate surface area is 204 Å². The van der Waals surface area contributed by atoms with Crippen LogP contribution in [0.3, 0.4) is 0 Å². The maximum absolute atomic E-state index is 12.7. The van der Waals surface area contributed by atoms with Crippen LogP contribution in [0.1, 0.15) is 36.2 Å². The fourth-order valence-electron chi connectivity index (χ4n) is 3.31. The zero-order chi connectivity index (χ0) is 24.5. The minimum Gasteiger partial charge on any atom is -0.493 e. The Morgan fingerprint density at radius 2 is 1.62 bits per heavy atom. The van der Waals surface area contributed by atoms with E-state index in [-0.39, 0.29) is 11.7 Å². The first-order chi connectivity index (χ1) is 16.3. The second-order valence-electron chi connectivity index (χ2n) is 8.27. The van der Waals surface area contributed by atoms with Crippen LogP contribution >= 0.6 is 11.6 Å². The van der Waals surface area contributed by atoms with Gasteiger partial charge in [0.2, 0.25) is 0 Å². The molecule has 0 bridgehead atoms. The number of halogens is 1. The molecule has 1 amide bonds. The number of hydrogen-bond donors (Lipinski definition) is 2. The van der Waals surface area contributed by atoms with Crippen LogP contribution in [0, 0.1) is 5.92 Å². The van der Waals surface area contributed by atoms with E-state index in [1.165, 1.54) is 0 Å². The zero-order valence-electron chi connectivity index (χ0n) is 19.2. The van der Waals surface area contributed by atoms with Crippen LogP contribution in [0.25, 0.3) is 11.1 Å². The summed E-state index contributed by atoms with van der Waals surface area (Å²) in [6.07, 6.45) is 0.232. The standard InChI is InChI=1S/C27H28ClNO5/c1-18(2)14-16-33-25-12-9-22(28)17-24(25)26(30)29-15-13-19-3-5-20(6-4-19)21-7-10-23(11-8-21)34-27(31)32/h3-12,17-18H,13-16H2,1-2H3,(H,29,30)(H,31,32). The van der Waals surface area contributed by atoms with E-state index in [0.717, 1.165) is 23.1 Å². The Morgan fingerprint density at radius 3 is 2.24 bits per heavy atom. The quantitative estimate of drug-likeness (QED) is 0.256. The van der Waals surface area contributed by atoms with Crippen molar-refractivity contribution in [1.82, 2.24) is 5.32 Å². The van der Waals surface area contributed by atoms with E-state index in [0.29, 0.717) is 41.8 Å². The second-order valence-corrected chi connectivity index (χ2v) is 8.70. The minimum atomic E-state index is -1.34. The first-order valence-electron chi connectivity index (χ1n) is 11.1. The van der Waals surface area contributed by atoms with Gasteiger partial charge < -0.3 is 19.9 Å². The number of hydrogen-bond acceptors (Lipinski definition) is 4. The molecule has 0 aliphatic rings. The molecule has 0 atom stereocenters. The van der Waals surface area contributed by atoms with Crippen LogP contribution in [0.4, 0.5) is 4.79 Å².